The molecule has 2 amide bonds. The number of anilines is 1. The van der Waals surface area contributed by atoms with Gasteiger partial charge in [0.1, 0.15) is 11.9 Å². The van der Waals surface area contributed by atoms with Crippen molar-refractivity contribution < 1.29 is 9.59 Å². The van der Waals surface area contributed by atoms with E-state index in [4.69, 9.17) is 0 Å². The molecule has 0 aromatic carbocycles. The molecule has 1 fully saturated rings. The van der Waals surface area contributed by atoms with Crippen molar-refractivity contribution in [1.29, 1.82) is 0 Å². The first kappa shape index (κ1) is 15.8. The first-order chi connectivity index (χ1) is 10.1. The number of pyridine rings is 1. The van der Waals surface area contributed by atoms with Crippen LogP contribution in [0.1, 0.15) is 30.6 Å². The summed E-state index contributed by atoms with van der Waals surface area (Å²) in [7, 11) is 0. The lowest BCUT2D eigenvalue weighted by molar-refractivity contribution is -0.127. The molecule has 2 rings (SSSR count). The topological polar surface area (TPSA) is 74.3 Å². The van der Waals surface area contributed by atoms with Crippen molar-refractivity contribution in [2.45, 2.75) is 26.3 Å². The Kier molecular flexibility index (Phi) is 5.17. The Bertz CT molecular complexity index is 550. The molecule has 2 heterocycles. The van der Waals surface area contributed by atoms with Crippen LogP contribution in [0, 0.1) is 0 Å². The predicted octanol–water partition coefficient (Wildman–Crippen LogP) is 1.63. The van der Waals surface area contributed by atoms with E-state index in [1.165, 1.54) is 0 Å². The molecule has 1 aromatic heterocycles. The fourth-order valence-electron chi connectivity index (χ4n) is 2.43. The van der Waals surface area contributed by atoms with E-state index in [0.717, 1.165) is 4.47 Å². The normalized spacial score (nSPS) is 18.3. The summed E-state index contributed by atoms with van der Waals surface area (Å²) in [5.74, 6) is 0.290. The molecule has 0 aliphatic carbocycles. The molecule has 0 bridgehead atoms. The van der Waals surface area contributed by atoms with Crippen LogP contribution in [0.5, 0.6) is 0 Å². The van der Waals surface area contributed by atoms with Crippen LogP contribution in [0.4, 0.5) is 5.82 Å². The van der Waals surface area contributed by atoms with Crippen molar-refractivity contribution in [3.05, 3.63) is 22.3 Å². The largest absolute Gasteiger partial charge is 0.370 e. The van der Waals surface area contributed by atoms with Crippen molar-refractivity contribution >= 4 is 33.6 Å². The van der Waals surface area contributed by atoms with Gasteiger partial charge in [-0.2, -0.15) is 0 Å². The second-order valence-corrected chi connectivity index (χ2v) is 5.71. The van der Waals surface area contributed by atoms with Crippen LogP contribution in [0.25, 0.3) is 0 Å². The van der Waals surface area contributed by atoms with Crippen molar-refractivity contribution in [3.63, 3.8) is 0 Å². The number of piperazine rings is 1. The SMILES string of the molecule is CCNc1ncc(Br)cc1C(=O)N1CCNC(=O)C1CC. The van der Waals surface area contributed by atoms with Gasteiger partial charge in [-0.25, -0.2) is 4.98 Å². The summed E-state index contributed by atoms with van der Waals surface area (Å²) in [6, 6.07) is 1.33. The number of aromatic nitrogens is 1. The summed E-state index contributed by atoms with van der Waals surface area (Å²) in [4.78, 5) is 30.6. The molecule has 21 heavy (non-hydrogen) atoms. The van der Waals surface area contributed by atoms with Gasteiger partial charge in [-0.1, -0.05) is 6.92 Å². The fourth-order valence-corrected chi connectivity index (χ4v) is 2.76. The molecule has 1 aromatic rings. The van der Waals surface area contributed by atoms with Gasteiger partial charge in [-0.15, -0.1) is 0 Å². The molecular formula is C14H19BrN4O2. The maximum Gasteiger partial charge on any atom is 0.258 e. The third-order valence-electron chi connectivity index (χ3n) is 3.41. The van der Waals surface area contributed by atoms with Crippen LogP contribution in [-0.4, -0.2) is 47.4 Å². The number of hydrogen-bond donors (Lipinski definition) is 2. The van der Waals surface area contributed by atoms with Crippen LogP contribution in [0.3, 0.4) is 0 Å². The first-order valence-corrected chi connectivity index (χ1v) is 7.85. The standard InChI is InChI=1S/C14H19BrN4O2/c1-3-11-13(20)17-5-6-19(11)14(21)10-7-9(15)8-18-12(10)16-4-2/h7-8,11H,3-6H2,1-2H3,(H,16,18)(H,17,20). The van der Waals surface area contributed by atoms with Gasteiger partial charge in [0.05, 0.1) is 5.56 Å². The van der Waals surface area contributed by atoms with E-state index in [1.807, 2.05) is 13.8 Å². The predicted molar refractivity (Wildman–Crippen MR) is 84.2 cm³/mol. The summed E-state index contributed by atoms with van der Waals surface area (Å²) >= 11 is 3.34. The number of nitrogens with one attached hydrogen (secondary N) is 2. The van der Waals surface area contributed by atoms with E-state index in [2.05, 4.69) is 31.5 Å². The van der Waals surface area contributed by atoms with Crippen molar-refractivity contribution in [1.82, 2.24) is 15.2 Å². The van der Waals surface area contributed by atoms with Crippen LogP contribution in [-0.2, 0) is 4.79 Å². The maximum absolute atomic E-state index is 12.8. The van der Waals surface area contributed by atoms with Crippen molar-refractivity contribution in [2.24, 2.45) is 0 Å². The molecular weight excluding hydrogens is 336 g/mol. The quantitative estimate of drug-likeness (QED) is 0.861. The monoisotopic (exact) mass is 354 g/mol. The minimum atomic E-state index is -0.417. The van der Waals surface area contributed by atoms with Crippen LogP contribution < -0.4 is 10.6 Å². The molecule has 0 saturated carbocycles. The summed E-state index contributed by atoms with van der Waals surface area (Å²) in [5.41, 5.74) is 0.486. The second-order valence-electron chi connectivity index (χ2n) is 4.79. The van der Waals surface area contributed by atoms with Gasteiger partial charge in [0, 0.05) is 30.3 Å². The summed E-state index contributed by atoms with van der Waals surface area (Å²) in [6.45, 7) is 5.52. The van der Waals surface area contributed by atoms with Gasteiger partial charge in [-0.05, 0) is 35.3 Å². The number of rotatable bonds is 4. The van der Waals surface area contributed by atoms with Crippen molar-refractivity contribution in [3.8, 4) is 0 Å². The Morgan fingerprint density at radius 2 is 2.33 bits per heavy atom. The number of halogens is 1. The second kappa shape index (κ2) is 6.89. The molecule has 0 spiro atoms. The van der Waals surface area contributed by atoms with Gasteiger partial charge in [0.2, 0.25) is 5.91 Å². The summed E-state index contributed by atoms with van der Waals surface area (Å²) in [6.07, 6.45) is 2.24. The van der Waals surface area contributed by atoms with E-state index in [9.17, 15) is 9.59 Å². The minimum absolute atomic E-state index is 0.0925. The van der Waals surface area contributed by atoms with Crippen LogP contribution in [0.2, 0.25) is 0 Å². The number of amides is 2. The van der Waals surface area contributed by atoms with Crippen LogP contribution >= 0.6 is 15.9 Å². The molecule has 7 heteroatoms. The number of hydrogen-bond acceptors (Lipinski definition) is 4. The lowest BCUT2D eigenvalue weighted by Crippen LogP contribution is -2.57. The zero-order chi connectivity index (χ0) is 15.4. The van der Waals surface area contributed by atoms with E-state index < -0.39 is 6.04 Å². The Labute approximate surface area is 132 Å². The number of carbonyl (C=O) groups is 2. The Balaban J connectivity index is 2.34. The van der Waals surface area contributed by atoms with E-state index >= 15 is 0 Å². The number of carbonyl (C=O) groups excluding carboxylic acids is 2. The number of nitrogens with zero attached hydrogens (tertiary/aromatic N) is 2. The van der Waals surface area contributed by atoms with E-state index in [-0.39, 0.29) is 11.8 Å². The smallest absolute Gasteiger partial charge is 0.258 e. The highest BCUT2D eigenvalue weighted by atomic mass is 79.9. The lowest BCUT2D eigenvalue weighted by Gasteiger charge is -2.34. The van der Waals surface area contributed by atoms with Gasteiger partial charge >= 0.3 is 0 Å². The van der Waals surface area contributed by atoms with Crippen molar-refractivity contribution in [2.75, 3.05) is 25.0 Å². The average molecular weight is 355 g/mol. The van der Waals surface area contributed by atoms with Gasteiger partial charge in [0.15, 0.2) is 0 Å². The van der Waals surface area contributed by atoms with Gasteiger partial charge in [-0.3, -0.25) is 9.59 Å². The molecule has 6 nitrogen and oxygen atoms in total. The average Bonchev–Trinajstić information content (AvgIpc) is 2.48. The Morgan fingerprint density at radius 1 is 1.57 bits per heavy atom. The van der Waals surface area contributed by atoms with Gasteiger partial charge < -0.3 is 15.5 Å². The highest BCUT2D eigenvalue weighted by Crippen LogP contribution is 2.22. The lowest BCUT2D eigenvalue weighted by atomic mass is 10.1. The molecule has 1 aliphatic heterocycles. The minimum Gasteiger partial charge on any atom is -0.370 e. The summed E-state index contributed by atoms with van der Waals surface area (Å²) in [5, 5.41) is 5.88. The third-order valence-corrected chi connectivity index (χ3v) is 3.84. The zero-order valence-corrected chi connectivity index (χ0v) is 13.7. The molecule has 2 N–H and O–H groups in total. The van der Waals surface area contributed by atoms with E-state index in [1.54, 1.807) is 17.2 Å². The highest BCUT2D eigenvalue weighted by Gasteiger charge is 2.33. The summed E-state index contributed by atoms with van der Waals surface area (Å²) < 4.78 is 0.738. The molecule has 1 aliphatic rings. The first-order valence-electron chi connectivity index (χ1n) is 7.06. The highest BCUT2D eigenvalue weighted by molar-refractivity contribution is 9.10. The molecule has 1 saturated heterocycles. The zero-order valence-electron chi connectivity index (χ0n) is 12.1. The maximum atomic E-state index is 12.8. The Morgan fingerprint density at radius 3 is 3.00 bits per heavy atom. The Hall–Kier alpha value is -1.63. The molecule has 114 valence electrons. The molecule has 1 atom stereocenters. The third kappa shape index (κ3) is 3.34. The fraction of sp³-hybridized carbons (Fsp3) is 0.500. The molecule has 0 radical (unpaired) electrons. The van der Waals surface area contributed by atoms with Crippen LogP contribution in [0.15, 0.2) is 16.7 Å². The van der Waals surface area contributed by atoms with E-state index in [0.29, 0.717) is 37.4 Å². The van der Waals surface area contributed by atoms with Gasteiger partial charge in [0.25, 0.3) is 5.91 Å². The molecule has 1 unspecified atom stereocenters.